The van der Waals surface area contributed by atoms with Gasteiger partial charge in [-0.15, -0.1) is 6.58 Å². The first-order valence-corrected chi connectivity index (χ1v) is 7.58. The second kappa shape index (κ2) is 6.48. The standard InChI is InChI=1S/C19H20N2O/c1-3-13-21-18-8-6-5-7-17(18)20-19(21)14-22-16-11-9-15(4-2)10-12-16/h3,5-12H,1,4,13-14H2,2H3. The number of para-hydroxylation sites is 2. The van der Waals surface area contributed by atoms with E-state index in [0.717, 1.165) is 35.6 Å². The molecule has 3 rings (SSSR count). The van der Waals surface area contributed by atoms with E-state index in [1.54, 1.807) is 0 Å². The van der Waals surface area contributed by atoms with Crippen LogP contribution < -0.4 is 4.74 Å². The summed E-state index contributed by atoms with van der Waals surface area (Å²) in [4.78, 5) is 4.67. The fourth-order valence-electron chi connectivity index (χ4n) is 2.54. The molecule has 0 amide bonds. The number of ether oxygens (including phenoxy) is 1. The molecule has 0 fully saturated rings. The van der Waals surface area contributed by atoms with E-state index in [-0.39, 0.29) is 0 Å². The zero-order valence-electron chi connectivity index (χ0n) is 12.8. The van der Waals surface area contributed by atoms with Crippen LogP contribution in [0.4, 0.5) is 0 Å². The quantitative estimate of drug-likeness (QED) is 0.631. The number of nitrogens with zero attached hydrogens (tertiary/aromatic N) is 2. The van der Waals surface area contributed by atoms with E-state index >= 15 is 0 Å². The van der Waals surface area contributed by atoms with Crippen LogP contribution in [0, 0.1) is 0 Å². The molecule has 3 aromatic rings. The Morgan fingerprint density at radius 1 is 1.14 bits per heavy atom. The third-order valence-corrected chi connectivity index (χ3v) is 3.74. The largest absolute Gasteiger partial charge is 0.486 e. The van der Waals surface area contributed by atoms with Gasteiger partial charge in [0.15, 0.2) is 0 Å². The van der Waals surface area contributed by atoms with Crippen molar-refractivity contribution in [2.75, 3.05) is 0 Å². The van der Waals surface area contributed by atoms with E-state index in [1.165, 1.54) is 5.56 Å². The monoisotopic (exact) mass is 292 g/mol. The Balaban J connectivity index is 1.83. The van der Waals surface area contributed by atoms with Gasteiger partial charge in [0.2, 0.25) is 0 Å². The first-order valence-electron chi connectivity index (χ1n) is 7.58. The lowest BCUT2D eigenvalue weighted by Gasteiger charge is -2.09. The molecule has 22 heavy (non-hydrogen) atoms. The second-order valence-corrected chi connectivity index (χ2v) is 5.20. The van der Waals surface area contributed by atoms with Gasteiger partial charge in [0.05, 0.1) is 11.0 Å². The zero-order chi connectivity index (χ0) is 15.4. The first-order chi connectivity index (χ1) is 10.8. The summed E-state index contributed by atoms with van der Waals surface area (Å²) in [6.45, 7) is 7.16. The zero-order valence-corrected chi connectivity index (χ0v) is 12.8. The summed E-state index contributed by atoms with van der Waals surface area (Å²) in [6, 6.07) is 16.3. The van der Waals surface area contributed by atoms with Crippen molar-refractivity contribution >= 4 is 11.0 Å². The summed E-state index contributed by atoms with van der Waals surface area (Å²) in [6.07, 6.45) is 2.92. The molecule has 3 heteroatoms. The molecule has 1 aromatic heterocycles. The Labute approximate surface area is 130 Å². The average molecular weight is 292 g/mol. The molecule has 0 aliphatic rings. The number of aryl methyl sites for hydroxylation is 1. The summed E-state index contributed by atoms with van der Waals surface area (Å²) in [5.41, 5.74) is 3.41. The minimum atomic E-state index is 0.452. The Bertz CT molecular complexity index is 772. The fourth-order valence-corrected chi connectivity index (χ4v) is 2.54. The summed E-state index contributed by atoms with van der Waals surface area (Å²) < 4.78 is 8.03. The number of hydrogen-bond acceptors (Lipinski definition) is 2. The maximum atomic E-state index is 5.89. The maximum Gasteiger partial charge on any atom is 0.148 e. The van der Waals surface area contributed by atoms with Gasteiger partial charge in [0, 0.05) is 6.54 Å². The highest BCUT2D eigenvalue weighted by atomic mass is 16.5. The van der Waals surface area contributed by atoms with E-state index in [0.29, 0.717) is 6.61 Å². The van der Waals surface area contributed by atoms with Crippen LogP contribution in [0.2, 0.25) is 0 Å². The van der Waals surface area contributed by atoms with Gasteiger partial charge >= 0.3 is 0 Å². The van der Waals surface area contributed by atoms with Gasteiger partial charge in [-0.1, -0.05) is 37.3 Å². The predicted molar refractivity (Wildman–Crippen MR) is 90.1 cm³/mol. The number of rotatable bonds is 6. The van der Waals surface area contributed by atoms with Crippen molar-refractivity contribution in [2.45, 2.75) is 26.5 Å². The minimum Gasteiger partial charge on any atom is -0.486 e. The van der Waals surface area contributed by atoms with E-state index in [4.69, 9.17) is 4.74 Å². The number of benzene rings is 2. The van der Waals surface area contributed by atoms with Gasteiger partial charge in [-0.2, -0.15) is 0 Å². The first kappa shape index (κ1) is 14.4. The van der Waals surface area contributed by atoms with E-state index < -0.39 is 0 Å². The number of hydrogen-bond donors (Lipinski definition) is 0. The van der Waals surface area contributed by atoms with Crippen LogP contribution in [0.15, 0.2) is 61.2 Å². The maximum absolute atomic E-state index is 5.89. The number of aromatic nitrogens is 2. The third kappa shape index (κ3) is 2.89. The van der Waals surface area contributed by atoms with Gasteiger partial charge < -0.3 is 9.30 Å². The molecule has 1 heterocycles. The van der Waals surface area contributed by atoms with E-state index in [1.807, 2.05) is 36.4 Å². The van der Waals surface area contributed by atoms with E-state index in [9.17, 15) is 0 Å². The average Bonchev–Trinajstić information content (AvgIpc) is 2.92. The van der Waals surface area contributed by atoms with Gasteiger partial charge in [-0.25, -0.2) is 4.98 Å². The molecule has 0 bridgehead atoms. The van der Waals surface area contributed by atoms with Crippen LogP contribution in [0.5, 0.6) is 5.75 Å². The van der Waals surface area contributed by atoms with Crippen molar-refractivity contribution in [3.05, 3.63) is 72.6 Å². The molecule has 2 aromatic carbocycles. The van der Waals surface area contributed by atoms with Gasteiger partial charge in [-0.05, 0) is 36.2 Å². The lowest BCUT2D eigenvalue weighted by Crippen LogP contribution is -2.06. The molecule has 0 spiro atoms. The van der Waals surface area contributed by atoms with Crippen molar-refractivity contribution in [2.24, 2.45) is 0 Å². The van der Waals surface area contributed by atoms with Crippen molar-refractivity contribution < 1.29 is 4.74 Å². The third-order valence-electron chi connectivity index (χ3n) is 3.74. The van der Waals surface area contributed by atoms with Crippen LogP contribution >= 0.6 is 0 Å². The molecule has 0 atom stereocenters. The number of imidazole rings is 1. The molecule has 0 saturated carbocycles. The Hall–Kier alpha value is -2.55. The second-order valence-electron chi connectivity index (χ2n) is 5.20. The SMILES string of the molecule is C=CCn1c(COc2ccc(CC)cc2)nc2ccccc21. The fraction of sp³-hybridized carbons (Fsp3) is 0.211. The van der Waals surface area contributed by atoms with Crippen molar-refractivity contribution in [3.8, 4) is 5.75 Å². The summed E-state index contributed by atoms with van der Waals surface area (Å²) in [5.74, 6) is 1.79. The molecule has 112 valence electrons. The molecule has 0 radical (unpaired) electrons. The topological polar surface area (TPSA) is 27.1 Å². The lowest BCUT2D eigenvalue weighted by atomic mass is 10.2. The summed E-state index contributed by atoms with van der Waals surface area (Å²) in [7, 11) is 0. The molecule has 0 saturated heterocycles. The smallest absolute Gasteiger partial charge is 0.148 e. The van der Waals surface area contributed by atoms with E-state index in [2.05, 4.69) is 41.3 Å². The summed E-state index contributed by atoms with van der Waals surface area (Å²) >= 11 is 0. The minimum absolute atomic E-state index is 0.452. The van der Waals surface area contributed by atoms with Crippen molar-refractivity contribution in [1.29, 1.82) is 0 Å². The van der Waals surface area contributed by atoms with Crippen LogP contribution in [-0.2, 0) is 19.6 Å². The molecule has 0 aliphatic heterocycles. The van der Waals surface area contributed by atoms with Crippen molar-refractivity contribution in [3.63, 3.8) is 0 Å². The highest BCUT2D eigenvalue weighted by molar-refractivity contribution is 5.75. The molecule has 0 N–H and O–H groups in total. The Kier molecular flexibility index (Phi) is 4.24. The van der Waals surface area contributed by atoms with Gasteiger partial charge in [-0.3, -0.25) is 0 Å². The van der Waals surface area contributed by atoms with Crippen LogP contribution in [-0.4, -0.2) is 9.55 Å². The van der Waals surface area contributed by atoms with Gasteiger partial charge in [0.25, 0.3) is 0 Å². The normalized spacial score (nSPS) is 10.8. The predicted octanol–water partition coefficient (Wildman–Crippen LogP) is 4.36. The number of allylic oxidation sites excluding steroid dienone is 1. The molecule has 3 nitrogen and oxygen atoms in total. The molecule has 0 aliphatic carbocycles. The Morgan fingerprint density at radius 2 is 1.91 bits per heavy atom. The molecular weight excluding hydrogens is 272 g/mol. The summed E-state index contributed by atoms with van der Waals surface area (Å²) in [5, 5.41) is 0. The highest BCUT2D eigenvalue weighted by Gasteiger charge is 2.09. The molecule has 0 unspecified atom stereocenters. The van der Waals surface area contributed by atoms with Crippen LogP contribution in [0.25, 0.3) is 11.0 Å². The number of fused-ring (bicyclic) bond motifs is 1. The van der Waals surface area contributed by atoms with Crippen LogP contribution in [0.3, 0.4) is 0 Å². The molecular formula is C19H20N2O. The highest BCUT2D eigenvalue weighted by Crippen LogP contribution is 2.19. The van der Waals surface area contributed by atoms with Gasteiger partial charge in [0.1, 0.15) is 18.2 Å². The Morgan fingerprint density at radius 3 is 2.64 bits per heavy atom. The van der Waals surface area contributed by atoms with Crippen LogP contribution in [0.1, 0.15) is 18.3 Å². The van der Waals surface area contributed by atoms with Crippen molar-refractivity contribution in [1.82, 2.24) is 9.55 Å². The lowest BCUT2D eigenvalue weighted by molar-refractivity contribution is 0.291.